The number of ether oxygens (including phenoxy) is 3. The summed E-state index contributed by atoms with van der Waals surface area (Å²) in [5.74, 6) is -0.958. The maximum absolute atomic E-state index is 12.9. The zero-order chi connectivity index (χ0) is 57.1. The lowest BCUT2D eigenvalue weighted by molar-refractivity contribution is -0.167. The van der Waals surface area contributed by atoms with Crippen molar-refractivity contribution in [3.05, 3.63) is 158 Å². The molecule has 1 atom stereocenters. The molecule has 0 spiro atoms. The molecule has 0 aromatic carbocycles. The van der Waals surface area contributed by atoms with E-state index in [-0.39, 0.29) is 31.1 Å². The first-order chi connectivity index (χ1) is 39.0. The van der Waals surface area contributed by atoms with E-state index in [0.717, 1.165) is 167 Å². The van der Waals surface area contributed by atoms with Crippen LogP contribution in [-0.2, 0) is 28.6 Å². The third-order valence-electron chi connectivity index (χ3n) is 13.0. The predicted octanol–water partition coefficient (Wildman–Crippen LogP) is 22.1. The highest BCUT2D eigenvalue weighted by Crippen LogP contribution is 2.15. The van der Waals surface area contributed by atoms with E-state index in [4.69, 9.17) is 14.2 Å². The summed E-state index contributed by atoms with van der Waals surface area (Å²) in [4.78, 5) is 38.3. The molecule has 6 heteroatoms. The van der Waals surface area contributed by atoms with Crippen LogP contribution in [0.15, 0.2) is 158 Å². The van der Waals surface area contributed by atoms with Gasteiger partial charge in [0.2, 0.25) is 0 Å². The Bertz CT molecular complexity index is 1780. The van der Waals surface area contributed by atoms with Gasteiger partial charge in [0.15, 0.2) is 6.10 Å². The van der Waals surface area contributed by atoms with Gasteiger partial charge in [-0.3, -0.25) is 14.4 Å². The van der Waals surface area contributed by atoms with Gasteiger partial charge in [-0.1, -0.05) is 262 Å². The van der Waals surface area contributed by atoms with Crippen molar-refractivity contribution in [2.75, 3.05) is 13.2 Å². The van der Waals surface area contributed by atoms with Crippen LogP contribution in [0.2, 0.25) is 0 Å². The van der Waals surface area contributed by atoms with Crippen molar-refractivity contribution in [2.45, 2.75) is 271 Å². The Morgan fingerprint density at radius 3 is 0.785 bits per heavy atom. The Kier molecular flexibility index (Phi) is 61.4. The molecule has 444 valence electrons. The van der Waals surface area contributed by atoms with Crippen LogP contribution in [0.5, 0.6) is 0 Å². The molecule has 0 fully saturated rings. The molecule has 0 aliphatic heterocycles. The highest BCUT2D eigenvalue weighted by Gasteiger charge is 2.19. The molecule has 0 aliphatic rings. The predicted molar refractivity (Wildman–Crippen MR) is 343 cm³/mol. The van der Waals surface area contributed by atoms with Gasteiger partial charge in [0.05, 0.1) is 0 Å². The minimum atomic E-state index is -0.809. The van der Waals surface area contributed by atoms with E-state index in [2.05, 4.69) is 179 Å². The van der Waals surface area contributed by atoms with Gasteiger partial charge in [-0.05, 0) is 141 Å². The summed E-state index contributed by atoms with van der Waals surface area (Å²) in [5.41, 5.74) is 0. The molecule has 79 heavy (non-hydrogen) atoms. The van der Waals surface area contributed by atoms with Gasteiger partial charge in [0, 0.05) is 19.3 Å². The second kappa shape index (κ2) is 65.5. The number of carbonyl (C=O) groups is 3. The van der Waals surface area contributed by atoms with E-state index in [1.807, 2.05) is 0 Å². The lowest BCUT2D eigenvalue weighted by Crippen LogP contribution is -2.30. The van der Waals surface area contributed by atoms with Crippen LogP contribution in [0.1, 0.15) is 265 Å². The first kappa shape index (κ1) is 74.0. The highest BCUT2D eigenvalue weighted by molar-refractivity contribution is 5.71. The summed E-state index contributed by atoms with van der Waals surface area (Å²) in [6, 6.07) is 0. The van der Waals surface area contributed by atoms with Gasteiger partial charge < -0.3 is 14.2 Å². The van der Waals surface area contributed by atoms with E-state index in [1.165, 1.54) is 57.8 Å². The standard InChI is InChI=1S/C73H116O6/c1-4-7-10-13-16-19-22-25-27-29-31-33-35-36-38-39-41-43-45-48-51-54-57-60-63-66-72(75)78-69-70(68-77-71(74)65-62-59-56-53-50-47-24-21-18-15-12-9-6-3)79-73(76)67-64-61-58-55-52-49-46-44-42-40-37-34-32-30-28-26-23-20-17-14-11-8-5-2/h7-8,10-12,15-17,19-21,24-28,31-34,36,38,41,43,48,51,70H,4-6,9,13-14,18,22-23,29-30,35,37,39-40,42,44-47,49-50,52-69H2,1-3H3/b10-7-,11-8-,15-12-,19-16-,20-17-,24-21-,27-25-,28-26-,33-31-,34-32-,38-36-,43-41-,51-48-. The van der Waals surface area contributed by atoms with Crippen LogP contribution in [0, 0.1) is 0 Å². The van der Waals surface area contributed by atoms with Gasteiger partial charge in [-0.25, -0.2) is 0 Å². The van der Waals surface area contributed by atoms with E-state index in [0.29, 0.717) is 19.3 Å². The molecular weight excluding hydrogens is 973 g/mol. The summed E-state index contributed by atoms with van der Waals surface area (Å²) >= 11 is 0. The van der Waals surface area contributed by atoms with Crippen molar-refractivity contribution in [3.8, 4) is 0 Å². The van der Waals surface area contributed by atoms with Crippen LogP contribution < -0.4 is 0 Å². The van der Waals surface area contributed by atoms with Crippen LogP contribution in [-0.4, -0.2) is 37.2 Å². The molecule has 0 bridgehead atoms. The molecular formula is C73H116O6. The number of unbranched alkanes of at least 4 members (excludes halogenated alkanes) is 19. The van der Waals surface area contributed by atoms with Crippen molar-refractivity contribution in [3.63, 3.8) is 0 Å². The van der Waals surface area contributed by atoms with E-state index in [1.54, 1.807) is 0 Å². The van der Waals surface area contributed by atoms with Crippen LogP contribution in [0.25, 0.3) is 0 Å². The Balaban J connectivity index is 4.45. The largest absolute Gasteiger partial charge is 0.462 e. The van der Waals surface area contributed by atoms with Crippen LogP contribution >= 0.6 is 0 Å². The van der Waals surface area contributed by atoms with Crippen molar-refractivity contribution < 1.29 is 28.6 Å². The number of carbonyl (C=O) groups excluding carboxylic acids is 3. The summed E-state index contributed by atoms with van der Waals surface area (Å²) in [5, 5.41) is 0. The average Bonchev–Trinajstić information content (AvgIpc) is 3.45. The first-order valence-corrected chi connectivity index (χ1v) is 32.0. The molecule has 0 radical (unpaired) electrons. The molecule has 0 N–H and O–H groups in total. The second-order valence-electron chi connectivity index (χ2n) is 20.5. The SMILES string of the molecule is CC/C=C\C/C=C\C/C=C\C/C=C\C/C=C\C/C=C\C/C=C\CCCCCC(=O)OCC(COC(=O)CCCCCCC/C=C\C/C=C\CCC)OC(=O)CCCCCCCCCCCC/C=C\C/C=C\C/C=C\C/C=C\CC. The lowest BCUT2D eigenvalue weighted by Gasteiger charge is -2.18. The molecule has 0 saturated carbocycles. The van der Waals surface area contributed by atoms with E-state index in [9.17, 15) is 14.4 Å². The number of rotatable bonds is 56. The molecule has 0 aliphatic carbocycles. The Hall–Kier alpha value is -4.97. The molecule has 0 aromatic heterocycles. The molecule has 0 saturated heterocycles. The highest BCUT2D eigenvalue weighted by atomic mass is 16.6. The minimum Gasteiger partial charge on any atom is -0.462 e. The number of hydrogen-bond donors (Lipinski definition) is 0. The van der Waals surface area contributed by atoms with Crippen molar-refractivity contribution >= 4 is 17.9 Å². The molecule has 1 unspecified atom stereocenters. The molecule has 6 nitrogen and oxygen atoms in total. The minimum absolute atomic E-state index is 0.104. The fourth-order valence-corrected chi connectivity index (χ4v) is 8.27. The Labute approximate surface area is 486 Å². The zero-order valence-electron chi connectivity index (χ0n) is 50.8. The normalized spacial score (nSPS) is 13.2. The molecule has 0 heterocycles. The van der Waals surface area contributed by atoms with Gasteiger partial charge in [0.1, 0.15) is 13.2 Å². The van der Waals surface area contributed by atoms with E-state index < -0.39 is 6.10 Å². The van der Waals surface area contributed by atoms with Crippen LogP contribution in [0.3, 0.4) is 0 Å². The zero-order valence-corrected chi connectivity index (χ0v) is 50.8. The lowest BCUT2D eigenvalue weighted by atomic mass is 10.0. The number of allylic oxidation sites excluding steroid dienone is 26. The second-order valence-corrected chi connectivity index (χ2v) is 20.5. The Morgan fingerprint density at radius 1 is 0.266 bits per heavy atom. The topological polar surface area (TPSA) is 78.9 Å². The first-order valence-electron chi connectivity index (χ1n) is 32.0. The maximum Gasteiger partial charge on any atom is 0.306 e. The van der Waals surface area contributed by atoms with Crippen molar-refractivity contribution in [1.82, 2.24) is 0 Å². The summed E-state index contributed by atoms with van der Waals surface area (Å²) in [7, 11) is 0. The summed E-state index contributed by atoms with van der Waals surface area (Å²) < 4.78 is 16.9. The van der Waals surface area contributed by atoms with Crippen molar-refractivity contribution in [2.24, 2.45) is 0 Å². The quantitative estimate of drug-likeness (QED) is 0.0261. The van der Waals surface area contributed by atoms with Gasteiger partial charge >= 0.3 is 17.9 Å². The fourth-order valence-electron chi connectivity index (χ4n) is 8.27. The van der Waals surface area contributed by atoms with Gasteiger partial charge in [-0.15, -0.1) is 0 Å². The summed E-state index contributed by atoms with van der Waals surface area (Å²) in [6.45, 7) is 6.30. The van der Waals surface area contributed by atoms with E-state index >= 15 is 0 Å². The van der Waals surface area contributed by atoms with Crippen molar-refractivity contribution in [1.29, 1.82) is 0 Å². The fraction of sp³-hybridized carbons (Fsp3) is 0.603. The molecule has 0 aromatic rings. The van der Waals surface area contributed by atoms with Crippen LogP contribution in [0.4, 0.5) is 0 Å². The third-order valence-corrected chi connectivity index (χ3v) is 13.0. The Morgan fingerprint density at radius 2 is 0.494 bits per heavy atom. The monoisotopic (exact) mass is 1090 g/mol. The maximum atomic E-state index is 12.9. The summed E-state index contributed by atoms with van der Waals surface area (Å²) in [6.07, 6.45) is 95.3. The average molecular weight is 1090 g/mol. The third kappa shape index (κ3) is 63.7. The molecule has 0 amide bonds. The molecule has 0 rings (SSSR count). The smallest absolute Gasteiger partial charge is 0.306 e. The number of hydrogen-bond acceptors (Lipinski definition) is 6. The number of esters is 3. The van der Waals surface area contributed by atoms with Gasteiger partial charge in [-0.2, -0.15) is 0 Å². The van der Waals surface area contributed by atoms with Gasteiger partial charge in [0.25, 0.3) is 0 Å².